The Morgan fingerprint density at radius 1 is 1.07 bits per heavy atom. The Balaban J connectivity index is 1.67. The number of aromatic nitrogens is 4. The molecule has 29 heavy (non-hydrogen) atoms. The summed E-state index contributed by atoms with van der Waals surface area (Å²) in [6.07, 6.45) is 0.823. The molecule has 1 aromatic heterocycles. The summed E-state index contributed by atoms with van der Waals surface area (Å²) in [7, 11) is 6.44. The van der Waals surface area contributed by atoms with Crippen LogP contribution in [0.1, 0.15) is 12.0 Å². The lowest BCUT2D eigenvalue weighted by Crippen LogP contribution is -2.12. The Hall–Kier alpha value is -3.62. The maximum atomic E-state index is 12.4. The predicted octanol–water partition coefficient (Wildman–Crippen LogP) is 2.47. The highest BCUT2D eigenvalue weighted by Gasteiger charge is 2.14. The number of nitrogens with zero attached hydrogens (tertiary/aromatic N) is 4. The third-order valence-electron chi connectivity index (χ3n) is 4.39. The van der Waals surface area contributed by atoms with Crippen LogP contribution in [0.3, 0.4) is 0 Å². The quantitative estimate of drug-likeness (QED) is 0.623. The maximum Gasteiger partial charge on any atom is 0.224 e. The fraction of sp³-hybridized carbons (Fsp3) is 0.300. The normalized spacial score (nSPS) is 10.5. The number of hydrogen-bond acceptors (Lipinski definition) is 7. The first-order valence-corrected chi connectivity index (χ1v) is 8.97. The molecular weight excluding hydrogens is 374 g/mol. The Labute approximate surface area is 168 Å². The van der Waals surface area contributed by atoms with Crippen LogP contribution in [-0.2, 0) is 18.3 Å². The molecule has 9 nitrogen and oxygen atoms in total. The number of tetrazole rings is 1. The van der Waals surface area contributed by atoms with E-state index in [2.05, 4.69) is 20.8 Å². The van der Waals surface area contributed by atoms with Crippen LogP contribution >= 0.6 is 0 Å². The van der Waals surface area contributed by atoms with E-state index in [0.29, 0.717) is 41.6 Å². The minimum absolute atomic E-state index is 0.105. The summed E-state index contributed by atoms with van der Waals surface area (Å²) in [6, 6.07) is 11.1. The third kappa shape index (κ3) is 4.63. The van der Waals surface area contributed by atoms with Gasteiger partial charge in [0.15, 0.2) is 17.3 Å². The van der Waals surface area contributed by atoms with Gasteiger partial charge in [0.2, 0.25) is 11.7 Å². The number of ether oxygens (including phenoxy) is 3. The van der Waals surface area contributed by atoms with Gasteiger partial charge in [-0.25, -0.2) is 4.68 Å². The van der Waals surface area contributed by atoms with Crippen molar-refractivity contribution in [2.45, 2.75) is 12.8 Å². The summed E-state index contributed by atoms with van der Waals surface area (Å²) in [4.78, 5) is 12.4. The van der Waals surface area contributed by atoms with Crippen LogP contribution in [0.15, 0.2) is 36.4 Å². The molecule has 2 aromatic carbocycles. The van der Waals surface area contributed by atoms with Crippen LogP contribution in [0.5, 0.6) is 17.2 Å². The number of aryl methyl sites for hydroxylation is 2. The van der Waals surface area contributed by atoms with Gasteiger partial charge in [-0.3, -0.25) is 4.79 Å². The van der Waals surface area contributed by atoms with E-state index in [-0.39, 0.29) is 5.91 Å². The van der Waals surface area contributed by atoms with Crippen LogP contribution in [0, 0.1) is 0 Å². The SMILES string of the molecule is COc1cc(CCC(=O)Nc2cccc(-c3nnnn3C)c2)cc(OC)c1OC. The number of methoxy groups -OCH3 is 3. The van der Waals surface area contributed by atoms with E-state index in [9.17, 15) is 4.79 Å². The number of benzene rings is 2. The molecule has 1 N–H and O–H groups in total. The molecule has 0 spiro atoms. The average molecular weight is 397 g/mol. The highest BCUT2D eigenvalue weighted by molar-refractivity contribution is 5.91. The standard InChI is InChI=1S/C20H23N5O4/c1-25-20(22-23-24-25)14-6-5-7-15(12-14)21-18(26)9-8-13-10-16(27-2)19(29-4)17(11-13)28-3/h5-7,10-12H,8-9H2,1-4H3,(H,21,26). The molecule has 0 aliphatic heterocycles. The number of hydrogen-bond donors (Lipinski definition) is 1. The van der Waals surface area contributed by atoms with Gasteiger partial charge in [0.25, 0.3) is 0 Å². The van der Waals surface area contributed by atoms with Gasteiger partial charge in [-0.15, -0.1) is 5.10 Å². The molecule has 3 rings (SSSR count). The van der Waals surface area contributed by atoms with E-state index in [1.807, 2.05) is 36.4 Å². The molecule has 0 radical (unpaired) electrons. The van der Waals surface area contributed by atoms with E-state index < -0.39 is 0 Å². The fourth-order valence-electron chi connectivity index (χ4n) is 2.97. The number of anilines is 1. The molecular formula is C20H23N5O4. The molecule has 0 saturated heterocycles. The van der Waals surface area contributed by atoms with Gasteiger partial charge in [0.05, 0.1) is 21.3 Å². The maximum absolute atomic E-state index is 12.4. The van der Waals surface area contributed by atoms with Crippen LogP contribution in [0.2, 0.25) is 0 Å². The van der Waals surface area contributed by atoms with Crippen molar-refractivity contribution in [3.63, 3.8) is 0 Å². The Kier molecular flexibility index (Phi) is 6.28. The number of carbonyl (C=O) groups excluding carboxylic acids is 1. The molecule has 152 valence electrons. The van der Waals surface area contributed by atoms with Gasteiger partial charge in [0, 0.05) is 24.7 Å². The topological polar surface area (TPSA) is 100 Å². The van der Waals surface area contributed by atoms with Gasteiger partial charge >= 0.3 is 0 Å². The van der Waals surface area contributed by atoms with Crippen LogP contribution in [-0.4, -0.2) is 47.4 Å². The monoisotopic (exact) mass is 397 g/mol. The van der Waals surface area contributed by atoms with E-state index in [1.54, 1.807) is 33.1 Å². The number of nitrogens with one attached hydrogen (secondary N) is 1. The smallest absolute Gasteiger partial charge is 0.224 e. The third-order valence-corrected chi connectivity index (χ3v) is 4.39. The molecule has 0 aliphatic rings. The first-order chi connectivity index (χ1) is 14.0. The van der Waals surface area contributed by atoms with E-state index in [0.717, 1.165) is 11.1 Å². The number of amides is 1. The van der Waals surface area contributed by atoms with Crippen molar-refractivity contribution in [2.75, 3.05) is 26.6 Å². The van der Waals surface area contributed by atoms with Crippen molar-refractivity contribution >= 4 is 11.6 Å². The largest absolute Gasteiger partial charge is 0.493 e. The zero-order valence-electron chi connectivity index (χ0n) is 16.8. The van der Waals surface area contributed by atoms with Gasteiger partial charge in [-0.1, -0.05) is 12.1 Å². The van der Waals surface area contributed by atoms with Crippen molar-refractivity contribution in [3.8, 4) is 28.6 Å². The molecule has 0 aliphatic carbocycles. The lowest BCUT2D eigenvalue weighted by molar-refractivity contribution is -0.116. The van der Waals surface area contributed by atoms with Crippen molar-refractivity contribution in [3.05, 3.63) is 42.0 Å². The summed E-state index contributed by atoms with van der Waals surface area (Å²) in [5.74, 6) is 2.17. The summed E-state index contributed by atoms with van der Waals surface area (Å²) in [6.45, 7) is 0. The van der Waals surface area contributed by atoms with Crippen molar-refractivity contribution in [2.24, 2.45) is 7.05 Å². The molecule has 9 heteroatoms. The molecule has 1 amide bonds. The second-order valence-corrected chi connectivity index (χ2v) is 6.29. The Morgan fingerprint density at radius 2 is 1.79 bits per heavy atom. The highest BCUT2D eigenvalue weighted by Crippen LogP contribution is 2.38. The summed E-state index contributed by atoms with van der Waals surface area (Å²) in [5.41, 5.74) is 2.41. The minimum atomic E-state index is -0.105. The molecule has 3 aromatic rings. The second-order valence-electron chi connectivity index (χ2n) is 6.29. The Bertz CT molecular complexity index is 977. The van der Waals surface area contributed by atoms with Crippen molar-refractivity contribution in [1.82, 2.24) is 20.2 Å². The molecule has 0 bridgehead atoms. The van der Waals surface area contributed by atoms with Gasteiger partial charge in [0.1, 0.15) is 0 Å². The van der Waals surface area contributed by atoms with E-state index >= 15 is 0 Å². The first kappa shape index (κ1) is 20.1. The highest BCUT2D eigenvalue weighted by atomic mass is 16.5. The molecule has 0 fully saturated rings. The summed E-state index contributed by atoms with van der Waals surface area (Å²) in [5, 5.41) is 14.4. The fourth-order valence-corrected chi connectivity index (χ4v) is 2.97. The van der Waals surface area contributed by atoms with Gasteiger partial charge in [-0.2, -0.15) is 0 Å². The summed E-state index contributed by atoms with van der Waals surface area (Å²) >= 11 is 0. The molecule has 0 saturated carbocycles. The second kappa shape index (κ2) is 9.05. The predicted molar refractivity (Wildman–Crippen MR) is 107 cm³/mol. The number of rotatable bonds is 8. The average Bonchev–Trinajstić information content (AvgIpc) is 3.17. The van der Waals surface area contributed by atoms with Crippen LogP contribution in [0.25, 0.3) is 11.4 Å². The van der Waals surface area contributed by atoms with E-state index in [4.69, 9.17) is 14.2 Å². The molecule has 0 atom stereocenters. The van der Waals surface area contributed by atoms with Crippen LogP contribution in [0.4, 0.5) is 5.69 Å². The van der Waals surface area contributed by atoms with Crippen molar-refractivity contribution < 1.29 is 19.0 Å². The van der Waals surface area contributed by atoms with Crippen molar-refractivity contribution in [1.29, 1.82) is 0 Å². The lowest BCUT2D eigenvalue weighted by atomic mass is 10.1. The number of carbonyl (C=O) groups is 1. The molecule has 1 heterocycles. The summed E-state index contributed by atoms with van der Waals surface area (Å²) < 4.78 is 17.6. The van der Waals surface area contributed by atoms with Crippen LogP contribution < -0.4 is 19.5 Å². The lowest BCUT2D eigenvalue weighted by Gasteiger charge is -2.14. The van der Waals surface area contributed by atoms with Gasteiger partial charge < -0.3 is 19.5 Å². The zero-order chi connectivity index (χ0) is 20.8. The molecule has 0 unspecified atom stereocenters. The zero-order valence-corrected chi connectivity index (χ0v) is 16.8. The minimum Gasteiger partial charge on any atom is -0.493 e. The Morgan fingerprint density at radius 3 is 2.38 bits per heavy atom. The van der Waals surface area contributed by atoms with Gasteiger partial charge in [-0.05, 0) is 46.7 Å². The first-order valence-electron chi connectivity index (χ1n) is 8.97. The van der Waals surface area contributed by atoms with E-state index in [1.165, 1.54) is 0 Å².